The summed E-state index contributed by atoms with van der Waals surface area (Å²) in [6.45, 7) is 2.35. The number of benzene rings is 1. The maximum atomic E-state index is 8.49. The van der Waals surface area contributed by atoms with Crippen molar-refractivity contribution >= 4 is 5.84 Å². The monoisotopic (exact) mass is 258 g/mol. The van der Waals surface area contributed by atoms with Gasteiger partial charge in [-0.05, 0) is 18.9 Å². The average molecular weight is 258 g/mol. The van der Waals surface area contributed by atoms with Crippen LogP contribution in [-0.2, 0) is 6.54 Å². The van der Waals surface area contributed by atoms with Gasteiger partial charge in [0.2, 0.25) is 0 Å². The van der Waals surface area contributed by atoms with E-state index in [0.717, 1.165) is 24.7 Å². The molecule has 1 N–H and O–H groups in total. The van der Waals surface area contributed by atoms with E-state index in [-0.39, 0.29) is 0 Å². The number of fused-ring (bicyclic) bond motifs is 1. The van der Waals surface area contributed by atoms with Gasteiger partial charge < -0.3 is 9.64 Å². The van der Waals surface area contributed by atoms with Crippen LogP contribution in [0.1, 0.15) is 37.7 Å². The summed E-state index contributed by atoms with van der Waals surface area (Å²) < 4.78 is 5.78. The number of nitrogens with zero attached hydrogens (tertiary/aromatic N) is 1. The quantitative estimate of drug-likeness (QED) is 0.619. The molecular formula is C16H22N2O. The van der Waals surface area contributed by atoms with Crippen LogP contribution in [0.4, 0.5) is 0 Å². The molecule has 1 aliphatic carbocycles. The predicted octanol–water partition coefficient (Wildman–Crippen LogP) is 3.44. The fourth-order valence-electron chi connectivity index (χ4n) is 3.17. The third kappa shape index (κ3) is 2.75. The van der Waals surface area contributed by atoms with Gasteiger partial charge in [0.1, 0.15) is 12.4 Å². The zero-order chi connectivity index (χ0) is 13.1. The summed E-state index contributed by atoms with van der Waals surface area (Å²) >= 11 is 0. The van der Waals surface area contributed by atoms with Crippen molar-refractivity contribution in [2.45, 2.75) is 38.6 Å². The summed E-state index contributed by atoms with van der Waals surface area (Å²) in [6.07, 6.45) is 6.30. The first-order chi connectivity index (χ1) is 9.34. The maximum absolute atomic E-state index is 8.49. The van der Waals surface area contributed by atoms with E-state index in [1.165, 1.54) is 37.7 Å². The summed E-state index contributed by atoms with van der Waals surface area (Å²) in [5.74, 6) is 2.29. The molecule has 3 nitrogen and oxygen atoms in total. The second kappa shape index (κ2) is 5.64. The number of amidine groups is 1. The van der Waals surface area contributed by atoms with Crippen molar-refractivity contribution < 1.29 is 4.74 Å². The highest BCUT2D eigenvalue weighted by molar-refractivity contribution is 5.81. The normalized spacial score (nSPS) is 20.3. The highest BCUT2D eigenvalue weighted by atomic mass is 16.5. The van der Waals surface area contributed by atoms with E-state index in [2.05, 4.69) is 17.0 Å². The summed E-state index contributed by atoms with van der Waals surface area (Å²) in [7, 11) is 0. The van der Waals surface area contributed by atoms with Crippen molar-refractivity contribution in [3.63, 3.8) is 0 Å². The van der Waals surface area contributed by atoms with Crippen LogP contribution in [0.15, 0.2) is 24.3 Å². The van der Waals surface area contributed by atoms with Gasteiger partial charge in [-0.15, -0.1) is 0 Å². The number of rotatable bonds is 1. The molecule has 0 saturated heterocycles. The Hall–Kier alpha value is -1.51. The molecule has 0 radical (unpaired) electrons. The lowest BCUT2D eigenvalue weighted by Crippen LogP contribution is -2.37. The standard InChI is InChI=1S/C16H22N2O/c17-16(13-6-2-1-3-7-13)18-10-11-19-15-9-5-4-8-14(15)12-18/h4-5,8-9,13,17H,1-3,6-7,10-12H2. The third-order valence-electron chi connectivity index (χ3n) is 4.29. The summed E-state index contributed by atoms with van der Waals surface area (Å²) in [6, 6.07) is 8.21. The molecule has 0 atom stereocenters. The first-order valence-electron chi connectivity index (χ1n) is 7.38. The Balaban J connectivity index is 1.73. The van der Waals surface area contributed by atoms with E-state index in [0.29, 0.717) is 12.5 Å². The molecule has 102 valence electrons. The fraction of sp³-hybridized carbons (Fsp3) is 0.562. The molecule has 0 bridgehead atoms. The van der Waals surface area contributed by atoms with Crippen molar-refractivity contribution in [1.29, 1.82) is 5.41 Å². The van der Waals surface area contributed by atoms with Gasteiger partial charge in [-0.2, -0.15) is 0 Å². The lowest BCUT2D eigenvalue weighted by molar-refractivity contribution is 0.277. The van der Waals surface area contributed by atoms with Gasteiger partial charge in [-0.25, -0.2) is 0 Å². The second-order valence-corrected chi connectivity index (χ2v) is 5.60. The Morgan fingerprint density at radius 2 is 1.95 bits per heavy atom. The highest BCUT2D eigenvalue weighted by Crippen LogP contribution is 2.28. The van der Waals surface area contributed by atoms with E-state index in [9.17, 15) is 0 Å². The van der Waals surface area contributed by atoms with Crippen molar-refractivity contribution in [2.75, 3.05) is 13.2 Å². The van der Waals surface area contributed by atoms with E-state index in [1.807, 2.05) is 12.1 Å². The SMILES string of the molecule is N=C(C1CCCCC1)N1CCOc2ccccc2C1. The van der Waals surface area contributed by atoms with Gasteiger partial charge in [0, 0.05) is 18.0 Å². The Labute approximate surface area is 115 Å². The number of hydrogen-bond acceptors (Lipinski definition) is 2. The van der Waals surface area contributed by atoms with Gasteiger partial charge in [-0.1, -0.05) is 37.5 Å². The van der Waals surface area contributed by atoms with Gasteiger partial charge >= 0.3 is 0 Å². The molecule has 1 aromatic rings. The van der Waals surface area contributed by atoms with Crippen LogP contribution < -0.4 is 4.74 Å². The molecule has 1 saturated carbocycles. The molecule has 3 rings (SSSR count). The smallest absolute Gasteiger partial charge is 0.124 e. The Bertz CT molecular complexity index is 452. The summed E-state index contributed by atoms with van der Waals surface area (Å²) in [5.41, 5.74) is 1.21. The third-order valence-corrected chi connectivity index (χ3v) is 4.29. The van der Waals surface area contributed by atoms with E-state index < -0.39 is 0 Å². The zero-order valence-electron chi connectivity index (χ0n) is 11.4. The maximum Gasteiger partial charge on any atom is 0.124 e. The van der Waals surface area contributed by atoms with E-state index >= 15 is 0 Å². The number of nitrogens with one attached hydrogen (secondary N) is 1. The molecule has 1 fully saturated rings. The largest absolute Gasteiger partial charge is 0.491 e. The minimum Gasteiger partial charge on any atom is -0.491 e. The molecule has 0 spiro atoms. The number of ether oxygens (including phenoxy) is 1. The highest BCUT2D eigenvalue weighted by Gasteiger charge is 2.24. The van der Waals surface area contributed by atoms with E-state index in [1.54, 1.807) is 0 Å². The van der Waals surface area contributed by atoms with Crippen LogP contribution in [0.3, 0.4) is 0 Å². The Morgan fingerprint density at radius 3 is 2.79 bits per heavy atom. The van der Waals surface area contributed by atoms with Gasteiger partial charge in [0.15, 0.2) is 0 Å². The lowest BCUT2D eigenvalue weighted by Gasteiger charge is -2.30. The van der Waals surface area contributed by atoms with Crippen molar-refractivity contribution in [2.24, 2.45) is 5.92 Å². The summed E-state index contributed by atoms with van der Waals surface area (Å²) in [5, 5.41) is 8.49. The zero-order valence-corrected chi connectivity index (χ0v) is 11.4. The molecule has 3 heteroatoms. The van der Waals surface area contributed by atoms with Crippen LogP contribution in [0.25, 0.3) is 0 Å². The second-order valence-electron chi connectivity index (χ2n) is 5.60. The molecule has 1 heterocycles. The van der Waals surface area contributed by atoms with Crippen LogP contribution in [-0.4, -0.2) is 23.9 Å². The van der Waals surface area contributed by atoms with Crippen LogP contribution in [0, 0.1) is 11.3 Å². The van der Waals surface area contributed by atoms with Gasteiger partial charge in [-0.3, -0.25) is 5.41 Å². The minimum absolute atomic E-state index is 0.471. The lowest BCUT2D eigenvalue weighted by atomic mass is 9.88. The van der Waals surface area contributed by atoms with Crippen molar-refractivity contribution in [3.05, 3.63) is 29.8 Å². The van der Waals surface area contributed by atoms with Crippen LogP contribution >= 0.6 is 0 Å². The molecule has 19 heavy (non-hydrogen) atoms. The summed E-state index contributed by atoms with van der Waals surface area (Å²) in [4.78, 5) is 2.21. The van der Waals surface area contributed by atoms with Crippen LogP contribution in [0.2, 0.25) is 0 Å². The van der Waals surface area contributed by atoms with Crippen molar-refractivity contribution in [1.82, 2.24) is 4.90 Å². The fourth-order valence-corrected chi connectivity index (χ4v) is 3.17. The van der Waals surface area contributed by atoms with Gasteiger partial charge in [0.25, 0.3) is 0 Å². The minimum atomic E-state index is 0.471. The molecule has 1 aliphatic heterocycles. The molecule has 2 aliphatic rings. The average Bonchev–Trinajstić information content (AvgIpc) is 2.69. The van der Waals surface area contributed by atoms with E-state index in [4.69, 9.17) is 10.1 Å². The predicted molar refractivity (Wildman–Crippen MR) is 76.6 cm³/mol. The first kappa shape index (κ1) is 12.5. The molecule has 0 unspecified atom stereocenters. The van der Waals surface area contributed by atoms with Crippen LogP contribution in [0.5, 0.6) is 5.75 Å². The Kier molecular flexibility index (Phi) is 3.72. The molecule has 0 amide bonds. The van der Waals surface area contributed by atoms with Gasteiger partial charge in [0.05, 0.1) is 12.4 Å². The molecule has 0 aromatic heterocycles. The topological polar surface area (TPSA) is 36.3 Å². The number of hydrogen-bond donors (Lipinski definition) is 1. The first-order valence-corrected chi connectivity index (χ1v) is 7.38. The molecule has 1 aromatic carbocycles. The molecular weight excluding hydrogens is 236 g/mol. The number of para-hydroxylation sites is 1. The van der Waals surface area contributed by atoms with Crippen molar-refractivity contribution in [3.8, 4) is 5.75 Å². The Morgan fingerprint density at radius 1 is 1.16 bits per heavy atom.